The van der Waals surface area contributed by atoms with Gasteiger partial charge in [-0.3, -0.25) is 4.90 Å². The molecule has 0 aromatic heterocycles. The van der Waals surface area contributed by atoms with Gasteiger partial charge in [-0.15, -0.1) is 0 Å². The molecule has 0 bridgehead atoms. The maximum absolute atomic E-state index is 3.71. The minimum Gasteiger partial charge on any atom is -0.311 e. The average molecular weight is 258 g/mol. The van der Waals surface area contributed by atoms with Gasteiger partial charge in [-0.1, -0.05) is 55.8 Å². The first kappa shape index (κ1) is 14.3. The van der Waals surface area contributed by atoms with Crippen molar-refractivity contribution in [3.8, 4) is 0 Å². The molecule has 1 N–H and O–H groups in total. The first-order valence-corrected chi connectivity index (χ1v) is 7.48. The predicted molar refractivity (Wildman–Crippen MR) is 82.3 cm³/mol. The van der Waals surface area contributed by atoms with E-state index in [4.69, 9.17) is 0 Å². The molecule has 0 amide bonds. The van der Waals surface area contributed by atoms with Crippen molar-refractivity contribution >= 4 is 0 Å². The summed E-state index contributed by atoms with van der Waals surface area (Å²) in [5.74, 6) is 0. The molecule has 1 heterocycles. The number of rotatable bonds is 5. The SMILES string of the molecule is C/C=C/CN1CC(CCC)NCC1c1ccccc1. The summed E-state index contributed by atoms with van der Waals surface area (Å²) in [6.07, 6.45) is 6.95. The van der Waals surface area contributed by atoms with Crippen LogP contribution in [0.4, 0.5) is 0 Å². The molecule has 2 nitrogen and oxygen atoms in total. The Kier molecular flexibility index (Phi) is 5.62. The number of allylic oxidation sites excluding steroid dienone is 1. The third-order valence-corrected chi connectivity index (χ3v) is 3.89. The van der Waals surface area contributed by atoms with Gasteiger partial charge in [-0.05, 0) is 18.9 Å². The van der Waals surface area contributed by atoms with E-state index in [0.29, 0.717) is 12.1 Å². The first-order valence-electron chi connectivity index (χ1n) is 7.48. The Hall–Kier alpha value is -1.12. The molecule has 1 fully saturated rings. The lowest BCUT2D eigenvalue weighted by Gasteiger charge is -2.40. The molecule has 0 saturated carbocycles. The largest absolute Gasteiger partial charge is 0.311 e. The summed E-state index contributed by atoms with van der Waals surface area (Å²) in [5, 5.41) is 3.71. The normalized spacial score (nSPS) is 24.9. The lowest BCUT2D eigenvalue weighted by atomic mass is 9.99. The van der Waals surface area contributed by atoms with Crippen LogP contribution in [-0.4, -0.2) is 30.6 Å². The fraction of sp³-hybridized carbons (Fsp3) is 0.529. The fourth-order valence-electron chi connectivity index (χ4n) is 2.87. The fourth-order valence-corrected chi connectivity index (χ4v) is 2.87. The van der Waals surface area contributed by atoms with E-state index in [1.54, 1.807) is 0 Å². The van der Waals surface area contributed by atoms with Crippen LogP contribution in [-0.2, 0) is 0 Å². The molecule has 19 heavy (non-hydrogen) atoms. The minimum atomic E-state index is 0.505. The van der Waals surface area contributed by atoms with E-state index in [2.05, 4.69) is 66.5 Å². The van der Waals surface area contributed by atoms with E-state index < -0.39 is 0 Å². The standard InChI is InChI=1S/C17H26N2/c1-3-5-12-19-14-16(9-4-2)18-13-17(19)15-10-7-6-8-11-15/h3,5-8,10-11,16-18H,4,9,12-14H2,1-2H3/b5-3+. The lowest BCUT2D eigenvalue weighted by Crippen LogP contribution is -2.52. The van der Waals surface area contributed by atoms with Crippen molar-refractivity contribution in [2.24, 2.45) is 0 Å². The summed E-state index contributed by atoms with van der Waals surface area (Å²) in [7, 11) is 0. The molecule has 1 aromatic carbocycles. The van der Waals surface area contributed by atoms with Gasteiger partial charge in [0.05, 0.1) is 0 Å². The molecule has 104 valence electrons. The van der Waals surface area contributed by atoms with Crippen molar-refractivity contribution in [2.75, 3.05) is 19.6 Å². The quantitative estimate of drug-likeness (QED) is 0.815. The second-order valence-corrected chi connectivity index (χ2v) is 5.34. The van der Waals surface area contributed by atoms with Crippen LogP contribution in [0.2, 0.25) is 0 Å². The smallest absolute Gasteiger partial charge is 0.0476 e. The molecule has 2 rings (SSSR count). The molecule has 0 radical (unpaired) electrons. The van der Waals surface area contributed by atoms with Gasteiger partial charge < -0.3 is 5.32 Å². The Labute approximate surface area is 117 Å². The summed E-state index contributed by atoms with van der Waals surface area (Å²) in [6.45, 7) is 7.63. The van der Waals surface area contributed by atoms with Crippen molar-refractivity contribution in [1.29, 1.82) is 0 Å². The minimum absolute atomic E-state index is 0.505. The van der Waals surface area contributed by atoms with Crippen LogP contribution in [0.15, 0.2) is 42.5 Å². The molecule has 2 atom stereocenters. The highest BCUT2D eigenvalue weighted by atomic mass is 15.2. The van der Waals surface area contributed by atoms with Crippen molar-refractivity contribution in [1.82, 2.24) is 10.2 Å². The molecule has 2 heteroatoms. The highest BCUT2D eigenvalue weighted by molar-refractivity contribution is 5.20. The van der Waals surface area contributed by atoms with E-state index in [1.165, 1.54) is 18.4 Å². The van der Waals surface area contributed by atoms with Crippen LogP contribution < -0.4 is 5.32 Å². The van der Waals surface area contributed by atoms with Gasteiger partial charge in [0.15, 0.2) is 0 Å². The van der Waals surface area contributed by atoms with Crippen LogP contribution in [0, 0.1) is 0 Å². The summed E-state index contributed by atoms with van der Waals surface area (Å²) in [6, 6.07) is 12.0. The van der Waals surface area contributed by atoms with Crippen molar-refractivity contribution in [2.45, 2.75) is 38.8 Å². The topological polar surface area (TPSA) is 15.3 Å². The molecule has 1 aliphatic rings. The number of nitrogens with one attached hydrogen (secondary N) is 1. The van der Waals surface area contributed by atoms with Gasteiger partial charge in [0, 0.05) is 31.7 Å². The highest BCUT2D eigenvalue weighted by Crippen LogP contribution is 2.24. The summed E-state index contributed by atoms with van der Waals surface area (Å²) >= 11 is 0. The number of piperazine rings is 1. The van der Waals surface area contributed by atoms with E-state index in [1.807, 2.05) is 0 Å². The molecular weight excluding hydrogens is 232 g/mol. The van der Waals surface area contributed by atoms with Gasteiger partial charge >= 0.3 is 0 Å². The Bertz CT molecular complexity index is 386. The lowest BCUT2D eigenvalue weighted by molar-refractivity contribution is 0.141. The van der Waals surface area contributed by atoms with Crippen LogP contribution in [0.5, 0.6) is 0 Å². The molecule has 1 aliphatic heterocycles. The zero-order valence-corrected chi connectivity index (χ0v) is 12.2. The zero-order chi connectivity index (χ0) is 13.5. The Morgan fingerprint density at radius 1 is 1.32 bits per heavy atom. The van der Waals surface area contributed by atoms with E-state index in [9.17, 15) is 0 Å². The van der Waals surface area contributed by atoms with Crippen molar-refractivity contribution < 1.29 is 0 Å². The molecular formula is C17H26N2. The summed E-state index contributed by atoms with van der Waals surface area (Å²) < 4.78 is 0. The second kappa shape index (κ2) is 7.46. The number of hydrogen-bond donors (Lipinski definition) is 1. The van der Waals surface area contributed by atoms with Crippen LogP contribution in [0.1, 0.15) is 38.3 Å². The van der Waals surface area contributed by atoms with Gasteiger partial charge in [0.2, 0.25) is 0 Å². The maximum Gasteiger partial charge on any atom is 0.0476 e. The van der Waals surface area contributed by atoms with E-state index in [0.717, 1.165) is 19.6 Å². The third kappa shape index (κ3) is 3.92. The molecule has 1 saturated heterocycles. The van der Waals surface area contributed by atoms with Crippen molar-refractivity contribution in [3.63, 3.8) is 0 Å². The Balaban J connectivity index is 2.08. The van der Waals surface area contributed by atoms with E-state index in [-0.39, 0.29) is 0 Å². The highest BCUT2D eigenvalue weighted by Gasteiger charge is 2.27. The first-order chi connectivity index (χ1) is 9.35. The van der Waals surface area contributed by atoms with Crippen LogP contribution in [0.3, 0.4) is 0 Å². The van der Waals surface area contributed by atoms with Gasteiger partial charge in [0.25, 0.3) is 0 Å². The Morgan fingerprint density at radius 2 is 2.11 bits per heavy atom. The number of nitrogens with zero attached hydrogens (tertiary/aromatic N) is 1. The molecule has 0 spiro atoms. The van der Waals surface area contributed by atoms with Gasteiger partial charge in [-0.25, -0.2) is 0 Å². The summed E-state index contributed by atoms with van der Waals surface area (Å²) in [4.78, 5) is 2.60. The van der Waals surface area contributed by atoms with Crippen molar-refractivity contribution in [3.05, 3.63) is 48.0 Å². The maximum atomic E-state index is 3.71. The number of hydrogen-bond acceptors (Lipinski definition) is 2. The predicted octanol–water partition coefficient (Wildman–Crippen LogP) is 3.38. The van der Waals surface area contributed by atoms with Crippen LogP contribution >= 0.6 is 0 Å². The zero-order valence-electron chi connectivity index (χ0n) is 12.2. The monoisotopic (exact) mass is 258 g/mol. The third-order valence-electron chi connectivity index (χ3n) is 3.89. The summed E-state index contributed by atoms with van der Waals surface area (Å²) in [5.41, 5.74) is 1.43. The van der Waals surface area contributed by atoms with Gasteiger partial charge in [0.1, 0.15) is 0 Å². The second-order valence-electron chi connectivity index (χ2n) is 5.34. The Morgan fingerprint density at radius 3 is 2.79 bits per heavy atom. The van der Waals surface area contributed by atoms with Gasteiger partial charge in [-0.2, -0.15) is 0 Å². The number of benzene rings is 1. The molecule has 0 aliphatic carbocycles. The molecule has 1 aromatic rings. The van der Waals surface area contributed by atoms with E-state index >= 15 is 0 Å². The van der Waals surface area contributed by atoms with Crippen LogP contribution in [0.25, 0.3) is 0 Å². The average Bonchev–Trinajstić information content (AvgIpc) is 2.46. The molecule has 2 unspecified atom stereocenters.